The number of ether oxygens (including phenoxy) is 2. The molecule has 34 heavy (non-hydrogen) atoms. The minimum absolute atomic E-state index is 0.0743. The van der Waals surface area contributed by atoms with Gasteiger partial charge in [0, 0.05) is 4.88 Å². The molecule has 0 fully saturated rings. The summed E-state index contributed by atoms with van der Waals surface area (Å²) in [6, 6.07) is 8.76. The smallest absolute Gasteiger partial charge is 0.263 e. The number of furan rings is 1. The van der Waals surface area contributed by atoms with Crippen molar-refractivity contribution in [3.8, 4) is 11.5 Å². The minimum atomic E-state index is -0.134. The number of rotatable bonds is 8. The highest BCUT2D eigenvalue weighted by molar-refractivity contribution is 7.99. The molecule has 0 bridgehead atoms. The van der Waals surface area contributed by atoms with Crippen molar-refractivity contribution in [2.45, 2.75) is 37.4 Å². The van der Waals surface area contributed by atoms with Crippen molar-refractivity contribution in [1.82, 2.24) is 9.55 Å². The predicted octanol–water partition coefficient (Wildman–Crippen LogP) is 4.97. The molecule has 176 valence electrons. The number of aromatic nitrogens is 2. The van der Waals surface area contributed by atoms with E-state index in [1.54, 1.807) is 53.5 Å². The third kappa shape index (κ3) is 4.25. The highest BCUT2D eigenvalue weighted by Gasteiger charge is 2.23. The lowest BCUT2D eigenvalue weighted by molar-refractivity contribution is 0.101. The van der Waals surface area contributed by atoms with Crippen molar-refractivity contribution < 1.29 is 18.7 Å². The molecule has 7 nitrogen and oxygen atoms in total. The van der Waals surface area contributed by atoms with Gasteiger partial charge in [0.25, 0.3) is 5.56 Å². The lowest BCUT2D eigenvalue weighted by Gasteiger charge is -2.13. The van der Waals surface area contributed by atoms with E-state index < -0.39 is 0 Å². The summed E-state index contributed by atoms with van der Waals surface area (Å²) in [5, 5.41) is 1.22. The molecule has 0 saturated heterocycles. The topological polar surface area (TPSA) is 83.6 Å². The number of hydrogen-bond donors (Lipinski definition) is 0. The lowest BCUT2D eigenvalue weighted by atomic mass is 9.97. The molecule has 0 spiro atoms. The van der Waals surface area contributed by atoms with E-state index in [9.17, 15) is 9.59 Å². The fourth-order valence-electron chi connectivity index (χ4n) is 4.27. The van der Waals surface area contributed by atoms with Crippen LogP contribution in [0.4, 0.5) is 0 Å². The molecule has 9 heteroatoms. The number of hydrogen-bond acceptors (Lipinski definition) is 8. The zero-order valence-electron chi connectivity index (χ0n) is 19.0. The van der Waals surface area contributed by atoms with Crippen molar-refractivity contribution in [3.63, 3.8) is 0 Å². The third-order valence-corrected chi connectivity index (χ3v) is 8.14. The molecule has 1 aliphatic rings. The van der Waals surface area contributed by atoms with Crippen LogP contribution in [0.25, 0.3) is 10.2 Å². The van der Waals surface area contributed by atoms with Gasteiger partial charge in [0.2, 0.25) is 0 Å². The first-order valence-corrected chi connectivity index (χ1v) is 12.8. The number of carbonyl (C=O) groups is 1. The van der Waals surface area contributed by atoms with Crippen LogP contribution in [0.5, 0.6) is 11.5 Å². The van der Waals surface area contributed by atoms with E-state index >= 15 is 0 Å². The molecule has 0 atom stereocenters. The summed E-state index contributed by atoms with van der Waals surface area (Å²) in [5.74, 6) is 1.69. The molecule has 0 aliphatic heterocycles. The first-order chi connectivity index (χ1) is 16.6. The first-order valence-electron chi connectivity index (χ1n) is 11.0. The van der Waals surface area contributed by atoms with Crippen molar-refractivity contribution in [1.29, 1.82) is 0 Å². The molecular formula is C25H24N2O5S2. The molecule has 0 unspecified atom stereocenters. The molecule has 1 aliphatic carbocycles. The Morgan fingerprint density at radius 1 is 1.21 bits per heavy atom. The fourth-order valence-corrected chi connectivity index (χ4v) is 6.45. The third-order valence-electron chi connectivity index (χ3n) is 5.97. The summed E-state index contributed by atoms with van der Waals surface area (Å²) in [6.07, 6.45) is 5.71. The number of Topliss-reactive ketones (excluding diaryl/α,β-unsaturated/α-hetero) is 1. The van der Waals surface area contributed by atoms with Crippen molar-refractivity contribution >= 4 is 39.1 Å². The number of carbonyl (C=O) groups excluding carboxylic acids is 1. The average molecular weight is 497 g/mol. The number of benzene rings is 1. The molecule has 3 aromatic heterocycles. The lowest BCUT2D eigenvalue weighted by Crippen LogP contribution is -2.24. The van der Waals surface area contributed by atoms with E-state index in [1.807, 2.05) is 6.07 Å². The zero-order chi connectivity index (χ0) is 23.7. The number of ketones is 1. The van der Waals surface area contributed by atoms with Crippen LogP contribution in [0.1, 0.15) is 39.4 Å². The second-order valence-corrected chi connectivity index (χ2v) is 10.1. The Labute approximate surface area is 204 Å². The van der Waals surface area contributed by atoms with Gasteiger partial charge in [-0.1, -0.05) is 11.8 Å². The van der Waals surface area contributed by atoms with Gasteiger partial charge in [0.1, 0.15) is 22.1 Å². The standard InChI is InChI=1S/C25H24N2O5S2/c1-30-15-9-10-20(31-2)18(12-15)19(28)14-33-25-26-23-22(17-7-3-4-8-21(17)34-23)24(29)27(25)13-16-6-5-11-32-16/h5-6,9-12H,3-4,7-8,13-14H2,1-2H3. The van der Waals surface area contributed by atoms with Crippen LogP contribution in [0, 0.1) is 0 Å². The number of fused-ring (bicyclic) bond motifs is 3. The minimum Gasteiger partial charge on any atom is -0.497 e. The van der Waals surface area contributed by atoms with Gasteiger partial charge >= 0.3 is 0 Å². The molecule has 5 rings (SSSR count). The molecule has 0 N–H and O–H groups in total. The van der Waals surface area contributed by atoms with E-state index in [1.165, 1.54) is 23.7 Å². The summed E-state index contributed by atoms with van der Waals surface area (Å²) >= 11 is 2.85. The Kier molecular flexibility index (Phi) is 6.47. The summed E-state index contributed by atoms with van der Waals surface area (Å²) in [7, 11) is 3.08. The van der Waals surface area contributed by atoms with Crippen molar-refractivity contribution in [2.24, 2.45) is 0 Å². The number of aryl methyl sites for hydroxylation is 2. The molecule has 1 aromatic carbocycles. The summed E-state index contributed by atoms with van der Waals surface area (Å²) in [6.45, 7) is 0.262. The fraction of sp³-hybridized carbons (Fsp3) is 0.320. The van der Waals surface area contributed by atoms with Crippen LogP contribution >= 0.6 is 23.1 Å². The Bertz CT molecular complexity index is 1410. The summed E-state index contributed by atoms with van der Waals surface area (Å²) in [4.78, 5) is 33.6. The molecule has 3 heterocycles. The maximum Gasteiger partial charge on any atom is 0.263 e. The Balaban J connectivity index is 1.52. The second-order valence-electron chi connectivity index (χ2n) is 8.03. The van der Waals surface area contributed by atoms with Crippen molar-refractivity contribution in [2.75, 3.05) is 20.0 Å². The van der Waals surface area contributed by atoms with Crippen LogP contribution < -0.4 is 15.0 Å². The highest BCUT2D eigenvalue weighted by Crippen LogP contribution is 2.35. The molecule has 0 radical (unpaired) electrons. The Hall–Kier alpha value is -3.04. The first kappa shape index (κ1) is 22.7. The van der Waals surface area contributed by atoms with E-state index in [-0.39, 0.29) is 23.6 Å². The summed E-state index contributed by atoms with van der Waals surface area (Å²) in [5.41, 5.74) is 1.50. The quantitative estimate of drug-likeness (QED) is 0.193. The van der Waals surface area contributed by atoms with Gasteiger partial charge in [0.05, 0.1) is 43.7 Å². The number of thioether (sulfide) groups is 1. The van der Waals surface area contributed by atoms with Gasteiger partial charge in [-0.2, -0.15) is 0 Å². The maximum absolute atomic E-state index is 13.7. The SMILES string of the molecule is COc1ccc(OC)c(C(=O)CSc2nc3sc4c(c3c(=O)n2Cc2ccco2)CCCC4)c1. The van der Waals surface area contributed by atoms with Gasteiger partial charge in [-0.05, 0) is 61.6 Å². The second kappa shape index (κ2) is 9.68. The molecule has 0 amide bonds. The van der Waals surface area contributed by atoms with E-state index in [4.69, 9.17) is 18.9 Å². The Morgan fingerprint density at radius 3 is 2.82 bits per heavy atom. The van der Waals surface area contributed by atoms with Gasteiger partial charge in [-0.15, -0.1) is 11.3 Å². The van der Waals surface area contributed by atoms with Gasteiger partial charge < -0.3 is 13.9 Å². The molecular weight excluding hydrogens is 472 g/mol. The van der Waals surface area contributed by atoms with Gasteiger partial charge in [0.15, 0.2) is 10.9 Å². The molecule has 4 aromatic rings. The van der Waals surface area contributed by atoms with Crippen LogP contribution in [0.2, 0.25) is 0 Å². The number of nitrogens with zero attached hydrogens (tertiary/aromatic N) is 2. The van der Waals surface area contributed by atoms with Crippen LogP contribution in [0.15, 0.2) is 51.0 Å². The Morgan fingerprint density at radius 2 is 2.06 bits per heavy atom. The highest BCUT2D eigenvalue weighted by atomic mass is 32.2. The zero-order valence-corrected chi connectivity index (χ0v) is 20.6. The largest absolute Gasteiger partial charge is 0.497 e. The normalized spacial score (nSPS) is 13.1. The summed E-state index contributed by atoms with van der Waals surface area (Å²) < 4.78 is 17.8. The average Bonchev–Trinajstić information content (AvgIpc) is 3.51. The van der Waals surface area contributed by atoms with Gasteiger partial charge in [-0.25, -0.2) is 4.98 Å². The van der Waals surface area contributed by atoms with Crippen LogP contribution in [-0.2, 0) is 19.4 Å². The van der Waals surface area contributed by atoms with E-state index in [2.05, 4.69) is 0 Å². The number of thiophene rings is 1. The van der Waals surface area contributed by atoms with E-state index in [0.717, 1.165) is 41.5 Å². The van der Waals surface area contributed by atoms with E-state index in [0.29, 0.717) is 28.0 Å². The predicted molar refractivity (Wildman–Crippen MR) is 133 cm³/mol. The van der Waals surface area contributed by atoms with Crippen LogP contribution in [0.3, 0.4) is 0 Å². The van der Waals surface area contributed by atoms with Gasteiger partial charge in [-0.3, -0.25) is 14.2 Å². The molecule has 0 saturated carbocycles. The van der Waals surface area contributed by atoms with Crippen molar-refractivity contribution in [3.05, 3.63) is 68.7 Å². The van der Waals surface area contributed by atoms with Crippen LogP contribution in [-0.4, -0.2) is 35.3 Å². The monoisotopic (exact) mass is 496 g/mol. The maximum atomic E-state index is 13.7. The number of methoxy groups -OCH3 is 2.